The van der Waals surface area contributed by atoms with Crippen molar-refractivity contribution < 1.29 is 4.79 Å². The predicted octanol–water partition coefficient (Wildman–Crippen LogP) is 1.87. The highest BCUT2D eigenvalue weighted by Gasteiger charge is 2.16. The van der Waals surface area contributed by atoms with Crippen molar-refractivity contribution >= 4 is 17.4 Å². The van der Waals surface area contributed by atoms with Crippen LogP contribution in [0.1, 0.15) is 17.3 Å². The molecule has 6 nitrogen and oxygen atoms in total. The van der Waals surface area contributed by atoms with E-state index in [2.05, 4.69) is 32.0 Å². The largest absolute Gasteiger partial charge is 0.354 e. The van der Waals surface area contributed by atoms with Gasteiger partial charge >= 0.3 is 0 Å². The van der Waals surface area contributed by atoms with Crippen LogP contribution in [0.3, 0.4) is 0 Å². The smallest absolute Gasteiger partial charge is 0.257 e. The number of likely N-dealkylation sites (N-methyl/N-ethyl adjacent to an activating group) is 1. The summed E-state index contributed by atoms with van der Waals surface area (Å²) >= 11 is 0. The van der Waals surface area contributed by atoms with Gasteiger partial charge in [-0.2, -0.15) is 0 Å². The molecule has 0 aromatic carbocycles. The number of anilines is 2. The van der Waals surface area contributed by atoms with Crippen molar-refractivity contribution in [2.24, 2.45) is 0 Å². The highest BCUT2D eigenvalue weighted by atomic mass is 16.1. The summed E-state index contributed by atoms with van der Waals surface area (Å²) in [6.45, 7) is 7.40. The zero-order valence-corrected chi connectivity index (χ0v) is 13.3. The van der Waals surface area contributed by atoms with Gasteiger partial charge in [-0.3, -0.25) is 9.78 Å². The molecule has 1 fully saturated rings. The molecule has 0 aliphatic carbocycles. The zero-order chi connectivity index (χ0) is 16.1. The van der Waals surface area contributed by atoms with Crippen molar-refractivity contribution in [3.8, 4) is 0 Å². The Morgan fingerprint density at radius 1 is 1.17 bits per heavy atom. The van der Waals surface area contributed by atoms with Crippen molar-refractivity contribution in [1.82, 2.24) is 14.9 Å². The summed E-state index contributed by atoms with van der Waals surface area (Å²) < 4.78 is 0. The van der Waals surface area contributed by atoms with Gasteiger partial charge in [0.15, 0.2) is 0 Å². The standard InChI is InChI=1S/C17H21N5O/c1-2-21-8-10-22(11-9-21)16-6-5-15(13-19-16)20-17(23)14-4-3-7-18-12-14/h3-7,12-13H,2,8-11H2,1H3,(H,20,23). The van der Waals surface area contributed by atoms with Crippen molar-refractivity contribution in [2.75, 3.05) is 42.9 Å². The second kappa shape index (κ2) is 7.19. The van der Waals surface area contributed by atoms with Crippen LogP contribution in [0, 0.1) is 0 Å². The lowest BCUT2D eigenvalue weighted by molar-refractivity contribution is 0.102. The molecule has 1 aliphatic heterocycles. The molecule has 2 aromatic heterocycles. The Bertz CT molecular complexity index is 636. The molecule has 2 aromatic rings. The Hall–Kier alpha value is -2.47. The average Bonchev–Trinajstić information content (AvgIpc) is 2.63. The Kier molecular flexibility index (Phi) is 4.83. The van der Waals surface area contributed by atoms with E-state index in [1.165, 1.54) is 0 Å². The van der Waals surface area contributed by atoms with E-state index in [4.69, 9.17) is 0 Å². The van der Waals surface area contributed by atoms with Gasteiger partial charge < -0.3 is 15.1 Å². The summed E-state index contributed by atoms with van der Waals surface area (Å²) in [5.41, 5.74) is 1.22. The number of carbonyl (C=O) groups excluding carboxylic acids is 1. The number of rotatable bonds is 4. The van der Waals surface area contributed by atoms with E-state index in [1.54, 1.807) is 30.7 Å². The first-order chi connectivity index (χ1) is 11.3. The molecule has 0 radical (unpaired) electrons. The van der Waals surface area contributed by atoms with Gasteiger partial charge in [-0.05, 0) is 30.8 Å². The Morgan fingerprint density at radius 3 is 2.61 bits per heavy atom. The highest BCUT2D eigenvalue weighted by Crippen LogP contribution is 2.16. The molecule has 6 heteroatoms. The maximum Gasteiger partial charge on any atom is 0.257 e. The van der Waals surface area contributed by atoms with Gasteiger partial charge in [0.25, 0.3) is 5.91 Å². The zero-order valence-electron chi connectivity index (χ0n) is 13.3. The van der Waals surface area contributed by atoms with Crippen LogP contribution in [0.25, 0.3) is 0 Å². The highest BCUT2D eigenvalue weighted by molar-refractivity contribution is 6.03. The van der Waals surface area contributed by atoms with Gasteiger partial charge in [0.2, 0.25) is 0 Å². The summed E-state index contributed by atoms with van der Waals surface area (Å²) in [7, 11) is 0. The molecule has 1 amide bonds. The molecule has 0 spiro atoms. The third-order valence-electron chi connectivity index (χ3n) is 4.07. The van der Waals surface area contributed by atoms with Crippen molar-refractivity contribution in [1.29, 1.82) is 0 Å². The Labute approximate surface area is 136 Å². The molecule has 3 heterocycles. The van der Waals surface area contributed by atoms with Crippen molar-refractivity contribution in [2.45, 2.75) is 6.92 Å². The molecule has 120 valence electrons. The topological polar surface area (TPSA) is 61.4 Å². The SMILES string of the molecule is CCN1CCN(c2ccc(NC(=O)c3cccnc3)cn2)CC1. The summed E-state index contributed by atoms with van der Waals surface area (Å²) in [4.78, 5) is 25.2. The monoisotopic (exact) mass is 311 g/mol. The van der Waals surface area contributed by atoms with Gasteiger partial charge in [0.1, 0.15) is 5.82 Å². The van der Waals surface area contributed by atoms with Gasteiger partial charge in [-0.25, -0.2) is 4.98 Å². The van der Waals surface area contributed by atoms with E-state index in [1.807, 2.05) is 12.1 Å². The number of nitrogens with one attached hydrogen (secondary N) is 1. The molecular formula is C17H21N5O. The summed E-state index contributed by atoms with van der Waals surface area (Å²) in [5, 5.41) is 2.84. The minimum absolute atomic E-state index is 0.177. The van der Waals surface area contributed by atoms with E-state index in [-0.39, 0.29) is 5.91 Å². The molecule has 3 rings (SSSR count). The second-order valence-corrected chi connectivity index (χ2v) is 5.52. The minimum Gasteiger partial charge on any atom is -0.354 e. The number of hydrogen-bond donors (Lipinski definition) is 1. The molecule has 0 saturated carbocycles. The number of piperazine rings is 1. The minimum atomic E-state index is -0.177. The lowest BCUT2D eigenvalue weighted by atomic mass is 10.2. The molecule has 0 unspecified atom stereocenters. The third-order valence-corrected chi connectivity index (χ3v) is 4.07. The number of pyridine rings is 2. The molecule has 23 heavy (non-hydrogen) atoms. The van der Waals surface area contributed by atoms with E-state index < -0.39 is 0 Å². The number of aromatic nitrogens is 2. The summed E-state index contributed by atoms with van der Waals surface area (Å²) in [6, 6.07) is 7.33. The van der Waals surface area contributed by atoms with Crippen LogP contribution in [0.2, 0.25) is 0 Å². The second-order valence-electron chi connectivity index (χ2n) is 5.52. The number of carbonyl (C=O) groups is 1. The Balaban J connectivity index is 1.60. The third kappa shape index (κ3) is 3.84. The number of hydrogen-bond acceptors (Lipinski definition) is 5. The molecule has 0 bridgehead atoms. The van der Waals surface area contributed by atoms with E-state index >= 15 is 0 Å². The van der Waals surface area contributed by atoms with Crippen molar-refractivity contribution in [3.63, 3.8) is 0 Å². The van der Waals surface area contributed by atoms with Gasteiger partial charge in [0, 0.05) is 38.6 Å². The molecule has 1 saturated heterocycles. The lowest BCUT2D eigenvalue weighted by Gasteiger charge is -2.34. The first-order valence-electron chi connectivity index (χ1n) is 7.91. The fourth-order valence-corrected chi connectivity index (χ4v) is 2.64. The van der Waals surface area contributed by atoms with Gasteiger partial charge in [0.05, 0.1) is 17.4 Å². The van der Waals surface area contributed by atoms with Crippen LogP contribution < -0.4 is 10.2 Å². The maximum absolute atomic E-state index is 12.1. The Morgan fingerprint density at radius 2 is 2.00 bits per heavy atom. The molecule has 0 atom stereocenters. The van der Waals surface area contributed by atoms with Gasteiger partial charge in [-0.15, -0.1) is 0 Å². The van der Waals surface area contributed by atoms with Gasteiger partial charge in [-0.1, -0.05) is 6.92 Å². The van der Waals surface area contributed by atoms with Crippen LogP contribution in [0.5, 0.6) is 0 Å². The normalized spacial score (nSPS) is 15.4. The van der Waals surface area contributed by atoms with E-state index in [9.17, 15) is 4.79 Å². The average molecular weight is 311 g/mol. The van der Waals surface area contributed by atoms with Crippen LogP contribution in [-0.4, -0.2) is 53.5 Å². The first-order valence-corrected chi connectivity index (χ1v) is 7.91. The van der Waals surface area contributed by atoms with Crippen LogP contribution in [0.4, 0.5) is 11.5 Å². The summed E-state index contributed by atoms with van der Waals surface area (Å²) in [6.07, 6.45) is 4.89. The summed E-state index contributed by atoms with van der Waals surface area (Å²) in [5.74, 6) is 0.782. The van der Waals surface area contributed by atoms with E-state index in [0.717, 1.165) is 38.5 Å². The maximum atomic E-state index is 12.1. The number of nitrogens with zero attached hydrogens (tertiary/aromatic N) is 4. The van der Waals surface area contributed by atoms with Crippen molar-refractivity contribution in [3.05, 3.63) is 48.4 Å². The fraction of sp³-hybridized carbons (Fsp3) is 0.353. The fourth-order valence-electron chi connectivity index (χ4n) is 2.64. The van der Waals surface area contributed by atoms with Crippen LogP contribution in [-0.2, 0) is 0 Å². The molecule has 1 aliphatic rings. The lowest BCUT2D eigenvalue weighted by Crippen LogP contribution is -2.46. The quantitative estimate of drug-likeness (QED) is 0.934. The predicted molar refractivity (Wildman–Crippen MR) is 90.8 cm³/mol. The first kappa shape index (κ1) is 15.4. The van der Waals surface area contributed by atoms with Crippen LogP contribution >= 0.6 is 0 Å². The molecular weight excluding hydrogens is 290 g/mol. The van der Waals surface area contributed by atoms with Crippen LogP contribution in [0.15, 0.2) is 42.9 Å². The molecule has 1 N–H and O–H groups in total. The van der Waals surface area contributed by atoms with E-state index in [0.29, 0.717) is 11.3 Å². The number of amides is 1.